The highest BCUT2D eigenvalue weighted by atomic mass is 16.5. The van der Waals surface area contributed by atoms with Crippen LogP contribution in [0, 0.1) is 0 Å². The molecule has 0 bridgehead atoms. The van der Waals surface area contributed by atoms with Gasteiger partial charge in [-0.15, -0.1) is 0 Å². The summed E-state index contributed by atoms with van der Waals surface area (Å²) in [5.41, 5.74) is -1.94. The summed E-state index contributed by atoms with van der Waals surface area (Å²) in [6.07, 6.45) is -4.87. The van der Waals surface area contributed by atoms with Crippen molar-refractivity contribution in [3.8, 4) is 5.88 Å². The van der Waals surface area contributed by atoms with E-state index in [0.717, 1.165) is 0 Å². The molecular weight excluding hydrogens is 314 g/mol. The number of H-pyrrole nitrogens is 2. The van der Waals surface area contributed by atoms with Gasteiger partial charge in [0, 0.05) is 0 Å². The predicted octanol–water partition coefficient (Wildman–Crippen LogP) is -3.48. The van der Waals surface area contributed by atoms with Crippen LogP contribution in [-0.2, 0) is 4.79 Å². The Kier molecular flexibility index (Phi) is 6.90. The SMILES string of the molecule is CC(=O)CNc1c(OC[C@H](O)[C@H](O)[C@H](O)CO)[nH]c(=O)[nH]c1=O. The zero-order valence-corrected chi connectivity index (χ0v) is 12.3. The zero-order valence-electron chi connectivity index (χ0n) is 12.3. The second-order valence-corrected chi connectivity index (χ2v) is 4.79. The van der Waals surface area contributed by atoms with Gasteiger partial charge in [-0.2, -0.15) is 0 Å². The molecule has 130 valence electrons. The van der Waals surface area contributed by atoms with Gasteiger partial charge in [-0.05, 0) is 6.92 Å². The van der Waals surface area contributed by atoms with Crippen LogP contribution in [0.4, 0.5) is 5.69 Å². The van der Waals surface area contributed by atoms with Gasteiger partial charge in [0.2, 0.25) is 5.88 Å². The Morgan fingerprint density at radius 2 is 1.87 bits per heavy atom. The minimum atomic E-state index is -1.69. The van der Waals surface area contributed by atoms with Crippen LogP contribution in [0.3, 0.4) is 0 Å². The van der Waals surface area contributed by atoms with Crippen molar-refractivity contribution in [3.63, 3.8) is 0 Å². The van der Waals surface area contributed by atoms with Gasteiger partial charge in [0.1, 0.15) is 30.7 Å². The van der Waals surface area contributed by atoms with Crippen molar-refractivity contribution in [2.45, 2.75) is 25.2 Å². The minimum Gasteiger partial charge on any atom is -0.474 e. The number of carbonyl (C=O) groups is 1. The summed E-state index contributed by atoms with van der Waals surface area (Å²) in [6, 6.07) is 0. The number of anilines is 1. The number of rotatable bonds is 9. The minimum absolute atomic E-state index is 0.195. The van der Waals surface area contributed by atoms with E-state index in [1.807, 2.05) is 4.98 Å². The second-order valence-electron chi connectivity index (χ2n) is 4.79. The fourth-order valence-corrected chi connectivity index (χ4v) is 1.58. The predicted molar refractivity (Wildman–Crippen MR) is 77.5 cm³/mol. The molecule has 0 radical (unpaired) electrons. The first kappa shape index (κ1) is 18.8. The third-order valence-electron chi connectivity index (χ3n) is 2.80. The van der Waals surface area contributed by atoms with Crippen molar-refractivity contribution in [2.75, 3.05) is 25.1 Å². The highest BCUT2D eigenvalue weighted by molar-refractivity contribution is 5.80. The first-order chi connectivity index (χ1) is 10.8. The number of nitrogens with one attached hydrogen (secondary N) is 3. The van der Waals surface area contributed by atoms with Gasteiger partial charge in [-0.1, -0.05) is 0 Å². The first-order valence-corrected chi connectivity index (χ1v) is 6.64. The van der Waals surface area contributed by atoms with E-state index in [-0.39, 0.29) is 23.9 Å². The van der Waals surface area contributed by atoms with Gasteiger partial charge in [-0.3, -0.25) is 19.6 Å². The van der Waals surface area contributed by atoms with Crippen molar-refractivity contribution in [1.29, 1.82) is 0 Å². The van der Waals surface area contributed by atoms with Gasteiger partial charge in [0.05, 0.1) is 13.2 Å². The topological polar surface area (TPSA) is 185 Å². The molecule has 0 aliphatic heterocycles. The number of aromatic nitrogens is 2. The number of carbonyl (C=O) groups excluding carboxylic acids is 1. The molecule has 0 saturated heterocycles. The second kappa shape index (κ2) is 8.43. The van der Waals surface area contributed by atoms with Crippen LogP contribution in [0.5, 0.6) is 5.88 Å². The lowest BCUT2D eigenvalue weighted by Crippen LogP contribution is -2.42. The van der Waals surface area contributed by atoms with Crippen LogP contribution in [0.15, 0.2) is 9.59 Å². The lowest BCUT2D eigenvalue weighted by atomic mass is 10.1. The first-order valence-electron chi connectivity index (χ1n) is 6.64. The maximum Gasteiger partial charge on any atom is 0.328 e. The molecule has 0 aromatic carbocycles. The van der Waals surface area contributed by atoms with Crippen molar-refractivity contribution in [2.24, 2.45) is 0 Å². The number of aliphatic hydroxyl groups excluding tert-OH is 4. The van der Waals surface area contributed by atoms with E-state index in [1.165, 1.54) is 6.92 Å². The van der Waals surface area contributed by atoms with E-state index in [0.29, 0.717) is 0 Å². The lowest BCUT2D eigenvalue weighted by molar-refractivity contribution is -0.115. The number of hydrogen-bond acceptors (Lipinski definition) is 9. The molecule has 11 heteroatoms. The molecule has 0 aliphatic carbocycles. The number of ketones is 1. The van der Waals surface area contributed by atoms with E-state index in [1.54, 1.807) is 0 Å². The number of hydrogen-bond donors (Lipinski definition) is 7. The summed E-state index contributed by atoms with van der Waals surface area (Å²) in [4.78, 5) is 38.0. The molecule has 1 aromatic rings. The maximum absolute atomic E-state index is 11.7. The van der Waals surface area contributed by atoms with E-state index in [4.69, 9.17) is 9.84 Å². The monoisotopic (exact) mass is 333 g/mol. The molecule has 11 nitrogen and oxygen atoms in total. The third-order valence-corrected chi connectivity index (χ3v) is 2.80. The number of Topliss-reactive ketones (excluding diaryl/α,β-unsaturated/α-hetero) is 1. The average Bonchev–Trinajstić information content (AvgIpc) is 2.49. The Labute approximate surface area is 129 Å². The Morgan fingerprint density at radius 1 is 1.22 bits per heavy atom. The molecule has 1 rings (SSSR count). The van der Waals surface area contributed by atoms with E-state index >= 15 is 0 Å². The Hall–Kier alpha value is -2.21. The lowest BCUT2D eigenvalue weighted by Gasteiger charge is -2.21. The molecule has 23 heavy (non-hydrogen) atoms. The van der Waals surface area contributed by atoms with E-state index in [9.17, 15) is 29.7 Å². The molecule has 0 spiro atoms. The summed E-state index contributed by atoms with van der Waals surface area (Å²) in [5, 5.41) is 39.5. The molecular formula is C12H19N3O8. The van der Waals surface area contributed by atoms with Crippen molar-refractivity contribution in [1.82, 2.24) is 9.97 Å². The number of ether oxygens (including phenoxy) is 1. The Balaban J connectivity index is 2.88. The zero-order chi connectivity index (χ0) is 17.6. The van der Waals surface area contributed by atoms with Gasteiger partial charge in [0.25, 0.3) is 5.56 Å². The molecule has 0 saturated carbocycles. The fraction of sp³-hybridized carbons (Fsp3) is 0.583. The summed E-state index contributed by atoms with van der Waals surface area (Å²) in [5.74, 6) is -0.618. The molecule has 0 aliphatic rings. The normalized spacial score (nSPS) is 14.8. The molecule has 0 amide bonds. The van der Waals surface area contributed by atoms with Gasteiger partial charge >= 0.3 is 5.69 Å². The van der Waals surface area contributed by atoms with Crippen LogP contribution >= 0.6 is 0 Å². The van der Waals surface area contributed by atoms with Crippen molar-refractivity contribution >= 4 is 11.5 Å². The number of aliphatic hydroxyl groups is 4. The van der Waals surface area contributed by atoms with Crippen molar-refractivity contribution < 1.29 is 30.0 Å². The van der Waals surface area contributed by atoms with Crippen LogP contribution in [-0.4, -0.2) is 74.2 Å². The Morgan fingerprint density at radius 3 is 2.43 bits per heavy atom. The van der Waals surface area contributed by atoms with Gasteiger partial charge in [0.15, 0.2) is 5.69 Å². The highest BCUT2D eigenvalue weighted by Crippen LogP contribution is 2.15. The summed E-state index contributed by atoms with van der Waals surface area (Å²) >= 11 is 0. The van der Waals surface area contributed by atoms with Gasteiger partial charge < -0.3 is 30.5 Å². The van der Waals surface area contributed by atoms with Crippen LogP contribution in [0.25, 0.3) is 0 Å². The third kappa shape index (κ3) is 5.49. The van der Waals surface area contributed by atoms with Gasteiger partial charge in [-0.25, -0.2) is 4.79 Å². The van der Waals surface area contributed by atoms with Crippen molar-refractivity contribution in [3.05, 3.63) is 20.8 Å². The molecule has 1 heterocycles. The summed E-state index contributed by atoms with van der Waals surface area (Å²) in [7, 11) is 0. The molecule has 1 aromatic heterocycles. The van der Waals surface area contributed by atoms with Crippen LogP contribution in [0.1, 0.15) is 6.92 Å². The standard InChI is InChI=1S/C12H19N3O8/c1-5(17)2-13-8-10(21)14-12(22)15-11(8)23-4-7(19)9(20)6(18)3-16/h6-7,9,13,16,18-20H,2-4H2,1H3,(H2,14,15,21,22)/t6-,7+,9-/m1/s1. The highest BCUT2D eigenvalue weighted by Gasteiger charge is 2.25. The van der Waals surface area contributed by atoms with Crippen LogP contribution in [0.2, 0.25) is 0 Å². The van der Waals surface area contributed by atoms with E-state index < -0.39 is 42.8 Å². The average molecular weight is 333 g/mol. The molecule has 3 atom stereocenters. The van der Waals surface area contributed by atoms with Crippen LogP contribution < -0.4 is 21.3 Å². The molecule has 0 unspecified atom stereocenters. The Bertz CT molecular complexity index is 640. The van der Waals surface area contributed by atoms with E-state index in [2.05, 4.69) is 10.3 Å². The molecule has 7 N–H and O–H groups in total. The number of aromatic amines is 2. The fourth-order valence-electron chi connectivity index (χ4n) is 1.58. The smallest absolute Gasteiger partial charge is 0.328 e. The molecule has 0 fully saturated rings. The summed E-state index contributed by atoms with van der Waals surface area (Å²) < 4.78 is 5.06. The summed E-state index contributed by atoms with van der Waals surface area (Å²) in [6.45, 7) is -0.276. The quantitative estimate of drug-likeness (QED) is 0.241. The maximum atomic E-state index is 11.7. The largest absolute Gasteiger partial charge is 0.474 e.